The Kier molecular flexibility index (Phi) is 7.17. The summed E-state index contributed by atoms with van der Waals surface area (Å²) in [7, 11) is 0. The highest BCUT2D eigenvalue weighted by atomic mass is 127. The standard InChI is InChI=1S/C15H17ClINO3/c1-4-6-11-9-12(16)7-8-13(11)18(14(19)10(3)17)15(20)21-5-2/h4,7-10H,1,5-6H2,2-3H3. The molecule has 0 N–H and O–H groups in total. The predicted octanol–water partition coefficient (Wildman–Crippen LogP) is 4.38. The third-order valence-electron chi connectivity index (χ3n) is 2.66. The molecule has 114 valence electrons. The predicted molar refractivity (Wildman–Crippen MR) is 93.3 cm³/mol. The molecule has 1 unspecified atom stereocenters. The number of nitrogens with zero attached hydrogens (tertiary/aromatic N) is 1. The minimum absolute atomic E-state index is 0.197. The zero-order valence-electron chi connectivity index (χ0n) is 11.9. The Morgan fingerprint density at radius 3 is 2.71 bits per heavy atom. The number of halogens is 2. The smallest absolute Gasteiger partial charge is 0.421 e. The van der Waals surface area contributed by atoms with Crippen molar-refractivity contribution in [3.63, 3.8) is 0 Å². The van der Waals surface area contributed by atoms with Gasteiger partial charge in [0.1, 0.15) is 0 Å². The Morgan fingerprint density at radius 2 is 2.19 bits per heavy atom. The van der Waals surface area contributed by atoms with Crippen molar-refractivity contribution in [1.82, 2.24) is 0 Å². The van der Waals surface area contributed by atoms with Gasteiger partial charge in [-0.1, -0.05) is 40.3 Å². The lowest BCUT2D eigenvalue weighted by molar-refractivity contribution is -0.117. The zero-order chi connectivity index (χ0) is 16.0. The van der Waals surface area contributed by atoms with Crippen LogP contribution in [0.25, 0.3) is 0 Å². The molecular weight excluding hydrogens is 405 g/mol. The number of rotatable bonds is 5. The normalized spacial score (nSPS) is 11.6. The average molecular weight is 422 g/mol. The van der Waals surface area contributed by atoms with Gasteiger partial charge in [0.2, 0.25) is 5.91 Å². The van der Waals surface area contributed by atoms with Crippen molar-refractivity contribution in [2.24, 2.45) is 0 Å². The minimum atomic E-state index is -0.682. The van der Waals surface area contributed by atoms with E-state index in [0.717, 1.165) is 10.5 Å². The summed E-state index contributed by atoms with van der Waals surface area (Å²) in [4.78, 5) is 25.6. The van der Waals surface area contributed by atoms with Crippen molar-refractivity contribution in [3.8, 4) is 0 Å². The number of carbonyl (C=O) groups excluding carboxylic acids is 2. The van der Waals surface area contributed by atoms with Gasteiger partial charge < -0.3 is 4.74 Å². The molecular formula is C15H17ClINO3. The number of alkyl halides is 1. The van der Waals surface area contributed by atoms with E-state index >= 15 is 0 Å². The number of benzene rings is 1. The van der Waals surface area contributed by atoms with Crippen molar-refractivity contribution in [2.45, 2.75) is 24.2 Å². The molecule has 0 radical (unpaired) electrons. The summed E-state index contributed by atoms with van der Waals surface area (Å²) in [5.41, 5.74) is 1.22. The molecule has 1 atom stereocenters. The number of hydrogen-bond acceptors (Lipinski definition) is 3. The van der Waals surface area contributed by atoms with E-state index < -0.39 is 6.09 Å². The molecule has 1 aromatic carbocycles. The second-order valence-corrected chi connectivity index (χ2v) is 6.56. The van der Waals surface area contributed by atoms with Gasteiger partial charge in [0.15, 0.2) is 0 Å². The van der Waals surface area contributed by atoms with Crippen molar-refractivity contribution >= 4 is 51.9 Å². The molecule has 4 nitrogen and oxygen atoms in total. The van der Waals surface area contributed by atoms with Gasteiger partial charge in [-0.2, -0.15) is 0 Å². The highest BCUT2D eigenvalue weighted by molar-refractivity contribution is 14.1. The topological polar surface area (TPSA) is 46.6 Å². The average Bonchev–Trinajstić information content (AvgIpc) is 2.41. The molecule has 0 saturated carbocycles. The van der Waals surface area contributed by atoms with Gasteiger partial charge in [-0.3, -0.25) is 4.79 Å². The third kappa shape index (κ3) is 4.71. The highest BCUT2D eigenvalue weighted by Gasteiger charge is 2.29. The maximum Gasteiger partial charge on any atom is 0.421 e. The van der Waals surface area contributed by atoms with Crippen molar-refractivity contribution in [1.29, 1.82) is 0 Å². The number of amides is 2. The van der Waals surface area contributed by atoms with Crippen LogP contribution in [-0.4, -0.2) is 22.5 Å². The monoisotopic (exact) mass is 421 g/mol. The number of ether oxygens (including phenoxy) is 1. The molecule has 0 saturated heterocycles. The molecule has 0 aromatic heterocycles. The maximum atomic E-state index is 12.4. The SMILES string of the molecule is C=CCc1cc(Cl)ccc1N(C(=O)OCC)C(=O)C(C)I. The van der Waals surface area contributed by atoms with E-state index in [2.05, 4.69) is 6.58 Å². The second kappa shape index (κ2) is 8.38. The fraction of sp³-hybridized carbons (Fsp3) is 0.333. The van der Waals surface area contributed by atoms with Crippen LogP contribution < -0.4 is 4.90 Å². The van der Waals surface area contributed by atoms with Crippen LogP contribution in [0, 0.1) is 0 Å². The molecule has 0 fully saturated rings. The molecule has 0 aliphatic heterocycles. The van der Waals surface area contributed by atoms with E-state index in [1.807, 2.05) is 22.6 Å². The van der Waals surface area contributed by atoms with Crippen LogP contribution in [0.1, 0.15) is 19.4 Å². The summed E-state index contributed by atoms with van der Waals surface area (Å²) in [6.45, 7) is 7.30. The number of carbonyl (C=O) groups is 2. The van der Waals surface area contributed by atoms with Crippen molar-refractivity contribution in [2.75, 3.05) is 11.5 Å². The lowest BCUT2D eigenvalue weighted by Crippen LogP contribution is -2.41. The second-order valence-electron chi connectivity index (χ2n) is 4.25. The Bertz CT molecular complexity index is 546. The summed E-state index contributed by atoms with van der Waals surface area (Å²) in [6, 6.07) is 5.01. The molecule has 1 aromatic rings. The highest BCUT2D eigenvalue weighted by Crippen LogP contribution is 2.27. The summed E-state index contributed by atoms with van der Waals surface area (Å²) < 4.78 is 4.64. The van der Waals surface area contributed by atoms with Crippen LogP contribution in [0.5, 0.6) is 0 Å². The number of allylic oxidation sites excluding steroid dienone is 1. The first-order chi connectivity index (χ1) is 9.92. The van der Waals surface area contributed by atoms with E-state index in [4.69, 9.17) is 16.3 Å². The largest absolute Gasteiger partial charge is 0.449 e. The maximum absolute atomic E-state index is 12.4. The third-order valence-corrected chi connectivity index (χ3v) is 3.43. The molecule has 0 aliphatic rings. The van der Waals surface area contributed by atoms with Gasteiger partial charge in [0.25, 0.3) is 0 Å². The Balaban J connectivity index is 3.34. The van der Waals surface area contributed by atoms with E-state index in [-0.39, 0.29) is 16.4 Å². The summed E-state index contributed by atoms with van der Waals surface area (Å²) in [5, 5.41) is 0.536. The van der Waals surface area contributed by atoms with E-state index in [0.29, 0.717) is 17.1 Å². The van der Waals surface area contributed by atoms with E-state index in [1.165, 1.54) is 0 Å². The van der Waals surface area contributed by atoms with Crippen LogP contribution in [0.4, 0.5) is 10.5 Å². The van der Waals surface area contributed by atoms with Crippen LogP contribution in [0.2, 0.25) is 5.02 Å². The fourth-order valence-electron chi connectivity index (χ4n) is 1.76. The minimum Gasteiger partial charge on any atom is -0.449 e. The first-order valence-electron chi connectivity index (χ1n) is 6.46. The van der Waals surface area contributed by atoms with E-state index in [1.54, 1.807) is 38.1 Å². The molecule has 0 bridgehead atoms. The number of anilines is 1. The molecule has 21 heavy (non-hydrogen) atoms. The lowest BCUT2D eigenvalue weighted by Gasteiger charge is -2.23. The van der Waals surface area contributed by atoms with Crippen LogP contribution in [0.3, 0.4) is 0 Å². The zero-order valence-corrected chi connectivity index (χ0v) is 14.8. The van der Waals surface area contributed by atoms with Gasteiger partial charge >= 0.3 is 6.09 Å². The molecule has 0 aliphatic carbocycles. The fourth-order valence-corrected chi connectivity index (χ4v) is 2.24. The van der Waals surface area contributed by atoms with Crippen LogP contribution in [-0.2, 0) is 16.0 Å². The summed E-state index contributed by atoms with van der Waals surface area (Å²) >= 11 is 7.95. The molecule has 6 heteroatoms. The molecule has 0 heterocycles. The Hall–Kier alpha value is -1.08. The van der Waals surface area contributed by atoms with Crippen LogP contribution >= 0.6 is 34.2 Å². The van der Waals surface area contributed by atoms with Gasteiger partial charge in [-0.25, -0.2) is 9.69 Å². The van der Waals surface area contributed by atoms with Crippen molar-refractivity contribution < 1.29 is 14.3 Å². The Labute approximate surface area is 143 Å². The van der Waals surface area contributed by atoms with Crippen LogP contribution in [0.15, 0.2) is 30.9 Å². The first-order valence-corrected chi connectivity index (χ1v) is 8.08. The number of hydrogen-bond donors (Lipinski definition) is 0. The Morgan fingerprint density at radius 1 is 1.52 bits per heavy atom. The first kappa shape index (κ1) is 18.0. The van der Waals surface area contributed by atoms with Gasteiger partial charge in [0, 0.05) is 5.02 Å². The lowest BCUT2D eigenvalue weighted by atomic mass is 10.1. The summed E-state index contributed by atoms with van der Waals surface area (Å²) in [5.74, 6) is -0.332. The molecule has 1 rings (SSSR count). The van der Waals surface area contributed by atoms with Gasteiger partial charge in [-0.15, -0.1) is 6.58 Å². The van der Waals surface area contributed by atoms with E-state index in [9.17, 15) is 9.59 Å². The number of imide groups is 1. The van der Waals surface area contributed by atoms with Crippen molar-refractivity contribution in [3.05, 3.63) is 41.4 Å². The molecule has 0 spiro atoms. The van der Waals surface area contributed by atoms with Gasteiger partial charge in [-0.05, 0) is 44.0 Å². The van der Waals surface area contributed by atoms with Gasteiger partial charge in [0.05, 0.1) is 16.2 Å². The molecule has 2 amide bonds. The summed E-state index contributed by atoms with van der Waals surface area (Å²) in [6.07, 6.45) is 1.50. The quantitative estimate of drug-likeness (QED) is 0.403.